The van der Waals surface area contributed by atoms with E-state index in [9.17, 15) is 4.79 Å². The van der Waals surface area contributed by atoms with Crippen LogP contribution in [0.25, 0.3) is 0 Å². The zero-order valence-corrected chi connectivity index (χ0v) is 9.26. The van der Waals surface area contributed by atoms with Crippen molar-refractivity contribution in [2.75, 3.05) is 13.6 Å². The monoisotopic (exact) mass is 183 g/mol. The summed E-state index contributed by atoms with van der Waals surface area (Å²) in [5.41, 5.74) is 0.296. The van der Waals surface area contributed by atoms with Gasteiger partial charge >= 0.3 is 0 Å². The number of nitrogens with zero attached hydrogens (tertiary/aromatic N) is 1. The fourth-order valence-corrected chi connectivity index (χ4v) is 2.19. The molecule has 0 saturated carbocycles. The lowest BCUT2D eigenvalue weighted by Gasteiger charge is -2.34. The number of carbonyl (C=O) groups excluding carboxylic acids is 1. The number of amides is 1. The number of rotatable bonds is 0. The van der Waals surface area contributed by atoms with Crippen LogP contribution in [0.15, 0.2) is 0 Å². The predicted molar refractivity (Wildman–Crippen MR) is 54.4 cm³/mol. The first kappa shape index (κ1) is 10.6. The van der Waals surface area contributed by atoms with Crippen LogP contribution < -0.4 is 0 Å². The Morgan fingerprint density at radius 2 is 2.08 bits per heavy atom. The lowest BCUT2D eigenvalue weighted by atomic mass is 9.83. The van der Waals surface area contributed by atoms with E-state index in [1.54, 1.807) is 0 Å². The van der Waals surface area contributed by atoms with Crippen LogP contribution in [0.4, 0.5) is 0 Å². The van der Waals surface area contributed by atoms with Gasteiger partial charge in [-0.1, -0.05) is 27.2 Å². The van der Waals surface area contributed by atoms with E-state index in [0.717, 1.165) is 13.0 Å². The largest absolute Gasteiger partial charge is 0.345 e. The maximum atomic E-state index is 11.7. The summed E-state index contributed by atoms with van der Waals surface area (Å²) in [6, 6.07) is 0. The van der Waals surface area contributed by atoms with Crippen LogP contribution in [0.5, 0.6) is 0 Å². The van der Waals surface area contributed by atoms with Crippen LogP contribution in [-0.2, 0) is 4.79 Å². The molecule has 1 aliphatic heterocycles. The third kappa shape index (κ3) is 2.71. The van der Waals surface area contributed by atoms with Gasteiger partial charge in [0, 0.05) is 19.5 Å². The second-order valence-electron chi connectivity index (χ2n) is 5.15. The molecular formula is C11H21NO. The normalized spacial score (nSPS) is 29.7. The van der Waals surface area contributed by atoms with E-state index in [4.69, 9.17) is 0 Å². The van der Waals surface area contributed by atoms with Gasteiger partial charge in [-0.3, -0.25) is 4.79 Å². The Hall–Kier alpha value is -0.530. The maximum absolute atomic E-state index is 11.7. The summed E-state index contributed by atoms with van der Waals surface area (Å²) in [7, 11) is 1.92. The molecule has 1 saturated heterocycles. The van der Waals surface area contributed by atoms with E-state index in [1.807, 2.05) is 18.9 Å². The van der Waals surface area contributed by atoms with Gasteiger partial charge in [-0.2, -0.15) is 0 Å². The van der Waals surface area contributed by atoms with Gasteiger partial charge in [0.05, 0.1) is 0 Å². The summed E-state index contributed by atoms with van der Waals surface area (Å²) >= 11 is 0. The molecule has 1 fully saturated rings. The van der Waals surface area contributed by atoms with Gasteiger partial charge in [0.1, 0.15) is 0 Å². The summed E-state index contributed by atoms with van der Waals surface area (Å²) < 4.78 is 0. The highest BCUT2D eigenvalue weighted by atomic mass is 16.2. The van der Waals surface area contributed by atoms with Gasteiger partial charge in [0.15, 0.2) is 0 Å². The van der Waals surface area contributed by atoms with Gasteiger partial charge in [-0.05, 0) is 18.3 Å². The first-order chi connectivity index (χ1) is 5.92. The fraction of sp³-hybridized carbons (Fsp3) is 0.909. The zero-order chi connectivity index (χ0) is 10.1. The molecule has 0 spiro atoms. The molecule has 1 aliphatic rings. The average Bonchev–Trinajstić information content (AvgIpc) is 2.00. The highest BCUT2D eigenvalue weighted by Gasteiger charge is 2.27. The minimum atomic E-state index is 0.223. The Kier molecular flexibility index (Phi) is 2.99. The number of hydrogen-bond acceptors (Lipinski definition) is 1. The Balaban J connectivity index is 2.67. The van der Waals surface area contributed by atoms with Crippen molar-refractivity contribution in [2.45, 2.75) is 40.0 Å². The highest BCUT2D eigenvalue weighted by molar-refractivity contribution is 5.78. The molecule has 76 valence electrons. The summed E-state index contributed by atoms with van der Waals surface area (Å²) in [6.45, 7) is 7.42. The molecule has 2 heteroatoms. The van der Waals surface area contributed by atoms with Gasteiger partial charge in [0.25, 0.3) is 0 Å². The number of hydrogen-bond donors (Lipinski definition) is 0. The summed E-state index contributed by atoms with van der Waals surface area (Å²) in [5, 5.41) is 0. The molecule has 0 aromatic carbocycles. The lowest BCUT2D eigenvalue weighted by Crippen LogP contribution is -2.40. The first-order valence-corrected chi connectivity index (χ1v) is 5.17. The first-order valence-electron chi connectivity index (χ1n) is 5.17. The van der Waals surface area contributed by atoms with Crippen molar-refractivity contribution < 1.29 is 4.79 Å². The molecule has 0 aliphatic carbocycles. The molecular weight excluding hydrogens is 162 g/mol. The van der Waals surface area contributed by atoms with E-state index < -0.39 is 0 Å². The van der Waals surface area contributed by atoms with E-state index in [-0.39, 0.29) is 5.92 Å². The van der Waals surface area contributed by atoms with Crippen LogP contribution in [0, 0.1) is 11.3 Å². The quantitative estimate of drug-likeness (QED) is 0.564. The molecule has 0 radical (unpaired) electrons. The molecule has 1 rings (SSSR count). The van der Waals surface area contributed by atoms with Crippen LogP contribution in [0.2, 0.25) is 0 Å². The van der Waals surface area contributed by atoms with Crippen LogP contribution in [0.1, 0.15) is 40.0 Å². The van der Waals surface area contributed by atoms with Gasteiger partial charge in [-0.15, -0.1) is 0 Å². The maximum Gasteiger partial charge on any atom is 0.225 e. The van der Waals surface area contributed by atoms with Gasteiger partial charge in [0.2, 0.25) is 5.91 Å². The minimum absolute atomic E-state index is 0.223. The Morgan fingerprint density at radius 1 is 1.46 bits per heavy atom. The molecule has 0 N–H and O–H groups in total. The van der Waals surface area contributed by atoms with Crippen molar-refractivity contribution in [3.63, 3.8) is 0 Å². The molecule has 1 unspecified atom stereocenters. The second-order valence-corrected chi connectivity index (χ2v) is 5.15. The molecule has 0 aromatic heterocycles. The van der Waals surface area contributed by atoms with Gasteiger partial charge in [-0.25, -0.2) is 0 Å². The molecule has 1 amide bonds. The van der Waals surface area contributed by atoms with Crippen molar-refractivity contribution in [2.24, 2.45) is 11.3 Å². The molecule has 0 bridgehead atoms. The minimum Gasteiger partial charge on any atom is -0.345 e. The van der Waals surface area contributed by atoms with Crippen molar-refractivity contribution in [3.8, 4) is 0 Å². The predicted octanol–water partition coefficient (Wildman–Crippen LogP) is 2.29. The number of carbonyl (C=O) groups is 1. The fourth-order valence-electron chi connectivity index (χ4n) is 2.19. The van der Waals surface area contributed by atoms with E-state index in [2.05, 4.69) is 13.8 Å². The van der Waals surface area contributed by atoms with E-state index in [1.165, 1.54) is 12.8 Å². The third-order valence-corrected chi connectivity index (χ3v) is 2.95. The van der Waals surface area contributed by atoms with Crippen molar-refractivity contribution in [3.05, 3.63) is 0 Å². The van der Waals surface area contributed by atoms with Crippen LogP contribution >= 0.6 is 0 Å². The standard InChI is InChI=1S/C11H21NO/c1-9-6-5-7-11(2,3)8-12(4)10(9)13/h9H,5-8H2,1-4H3. The average molecular weight is 183 g/mol. The van der Waals surface area contributed by atoms with E-state index in [0.29, 0.717) is 11.3 Å². The third-order valence-electron chi connectivity index (χ3n) is 2.95. The Bertz CT molecular complexity index is 198. The second kappa shape index (κ2) is 3.69. The van der Waals surface area contributed by atoms with Crippen LogP contribution in [0.3, 0.4) is 0 Å². The van der Waals surface area contributed by atoms with Crippen molar-refractivity contribution >= 4 is 5.91 Å². The molecule has 0 aromatic rings. The van der Waals surface area contributed by atoms with E-state index >= 15 is 0 Å². The SMILES string of the molecule is CC1CCCC(C)(C)CN(C)C1=O. The van der Waals surface area contributed by atoms with Crippen molar-refractivity contribution in [1.29, 1.82) is 0 Å². The topological polar surface area (TPSA) is 20.3 Å². The Morgan fingerprint density at radius 3 is 2.69 bits per heavy atom. The molecule has 2 nitrogen and oxygen atoms in total. The summed E-state index contributed by atoms with van der Waals surface area (Å²) in [4.78, 5) is 13.6. The Labute approximate surface area is 81.3 Å². The van der Waals surface area contributed by atoms with Crippen molar-refractivity contribution in [1.82, 2.24) is 4.90 Å². The zero-order valence-electron chi connectivity index (χ0n) is 9.26. The lowest BCUT2D eigenvalue weighted by molar-refractivity contribution is -0.136. The summed E-state index contributed by atoms with van der Waals surface area (Å²) in [5.74, 6) is 0.536. The highest BCUT2D eigenvalue weighted by Crippen LogP contribution is 2.28. The smallest absolute Gasteiger partial charge is 0.225 e. The molecule has 1 atom stereocenters. The molecule has 13 heavy (non-hydrogen) atoms. The summed E-state index contributed by atoms with van der Waals surface area (Å²) in [6.07, 6.45) is 3.47. The van der Waals surface area contributed by atoms with Gasteiger partial charge < -0.3 is 4.90 Å². The van der Waals surface area contributed by atoms with Crippen LogP contribution in [-0.4, -0.2) is 24.4 Å². The number of likely N-dealkylation sites (tertiary alicyclic amines) is 1. The molecule has 1 heterocycles.